The molecule has 1 aromatic rings. The molecule has 1 amide bonds. The fourth-order valence-corrected chi connectivity index (χ4v) is 1.97. The fourth-order valence-electron chi connectivity index (χ4n) is 1.38. The molecule has 0 aromatic heterocycles. The molecule has 7 heteroatoms. The summed E-state index contributed by atoms with van der Waals surface area (Å²) in [6.07, 6.45) is 0.994. The minimum Gasteiger partial charge on any atom is -0.352 e. The summed E-state index contributed by atoms with van der Waals surface area (Å²) in [7, 11) is -3.71. The lowest BCUT2D eigenvalue weighted by molar-refractivity contribution is -0.121. The number of hydrogen-bond acceptors (Lipinski definition) is 4. The molecule has 6 nitrogen and oxygen atoms in total. The minimum atomic E-state index is -3.71. The standard InChI is InChI=1S/C11H17N3O3S/c12-6-2-5-11(15)14-8-9-3-1-4-10(7-9)18(13,16)17/h1,3-4,7H,2,5-6,8,12H2,(H,14,15)(H2,13,16,17). The van der Waals surface area contributed by atoms with Gasteiger partial charge in [0, 0.05) is 13.0 Å². The van der Waals surface area contributed by atoms with Gasteiger partial charge in [-0.05, 0) is 30.7 Å². The van der Waals surface area contributed by atoms with E-state index < -0.39 is 10.0 Å². The maximum atomic E-state index is 11.3. The number of hydrogen-bond donors (Lipinski definition) is 3. The first kappa shape index (κ1) is 14.6. The van der Waals surface area contributed by atoms with Gasteiger partial charge in [-0.25, -0.2) is 13.6 Å². The molecule has 0 heterocycles. The Bertz CT molecular complexity index is 514. The summed E-state index contributed by atoms with van der Waals surface area (Å²) < 4.78 is 22.3. The summed E-state index contributed by atoms with van der Waals surface area (Å²) >= 11 is 0. The highest BCUT2D eigenvalue weighted by Crippen LogP contribution is 2.09. The van der Waals surface area contributed by atoms with Crippen LogP contribution in [-0.4, -0.2) is 20.9 Å². The van der Waals surface area contributed by atoms with Crippen LogP contribution in [0, 0.1) is 0 Å². The van der Waals surface area contributed by atoms with Gasteiger partial charge in [0.15, 0.2) is 0 Å². The lowest BCUT2D eigenvalue weighted by atomic mass is 10.2. The molecular formula is C11H17N3O3S. The second kappa shape index (κ2) is 6.48. The molecule has 0 radical (unpaired) electrons. The Morgan fingerprint density at radius 1 is 1.33 bits per heavy atom. The zero-order chi connectivity index (χ0) is 13.6. The van der Waals surface area contributed by atoms with Crippen LogP contribution < -0.4 is 16.2 Å². The van der Waals surface area contributed by atoms with E-state index in [9.17, 15) is 13.2 Å². The summed E-state index contributed by atoms with van der Waals surface area (Å²) in [5, 5.41) is 7.70. The van der Waals surface area contributed by atoms with Gasteiger partial charge in [-0.2, -0.15) is 0 Å². The summed E-state index contributed by atoms with van der Waals surface area (Å²) in [5.74, 6) is -0.110. The molecule has 1 rings (SSSR count). The first-order chi connectivity index (χ1) is 8.43. The van der Waals surface area contributed by atoms with E-state index >= 15 is 0 Å². The molecule has 0 aliphatic heterocycles. The van der Waals surface area contributed by atoms with E-state index in [1.165, 1.54) is 12.1 Å². The molecule has 0 aliphatic rings. The third-order valence-corrected chi connectivity index (χ3v) is 3.24. The number of benzene rings is 1. The van der Waals surface area contributed by atoms with Gasteiger partial charge in [0.1, 0.15) is 0 Å². The Morgan fingerprint density at radius 3 is 2.67 bits per heavy atom. The van der Waals surface area contributed by atoms with Crippen molar-refractivity contribution < 1.29 is 13.2 Å². The largest absolute Gasteiger partial charge is 0.352 e. The van der Waals surface area contributed by atoms with Crippen molar-refractivity contribution in [2.75, 3.05) is 6.54 Å². The molecule has 0 saturated carbocycles. The van der Waals surface area contributed by atoms with Crippen LogP contribution in [0.5, 0.6) is 0 Å². The Hall–Kier alpha value is -1.44. The number of nitrogens with two attached hydrogens (primary N) is 2. The van der Waals surface area contributed by atoms with Crippen molar-refractivity contribution in [1.82, 2.24) is 5.32 Å². The number of sulfonamides is 1. The molecular weight excluding hydrogens is 254 g/mol. The molecule has 0 fully saturated rings. The monoisotopic (exact) mass is 271 g/mol. The zero-order valence-corrected chi connectivity index (χ0v) is 10.7. The molecule has 0 aliphatic carbocycles. The number of carbonyl (C=O) groups excluding carboxylic acids is 1. The average molecular weight is 271 g/mol. The summed E-state index contributed by atoms with van der Waals surface area (Å²) in [4.78, 5) is 11.4. The number of amides is 1. The second-order valence-electron chi connectivity index (χ2n) is 3.86. The van der Waals surface area contributed by atoms with Crippen LogP contribution in [0.2, 0.25) is 0 Å². The van der Waals surface area contributed by atoms with Crippen molar-refractivity contribution >= 4 is 15.9 Å². The third-order valence-electron chi connectivity index (χ3n) is 2.32. The van der Waals surface area contributed by atoms with Crippen LogP contribution in [-0.2, 0) is 21.4 Å². The summed E-state index contributed by atoms with van der Waals surface area (Å²) in [5.41, 5.74) is 5.97. The number of rotatable bonds is 6. The third kappa shape index (κ3) is 4.82. The molecule has 0 atom stereocenters. The van der Waals surface area contributed by atoms with Crippen molar-refractivity contribution in [3.8, 4) is 0 Å². The summed E-state index contributed by atoms with van der Waals surface area (Å²) in [6, 6.07) is 6.16. The molecule has 18 heavy (non-hydrogen) atoms. The van der Waals surface area contributed by atoms with E-state index in [1.54, 1.807) is 12.1 Å². The van der Waals surface area contributed by atoms with Crippen molar-refractivity contribution in [2.24, 2.45) is 10.9 Å². The maximum Gasteiger partial charge on any atom is 0.238 e. The van der Waals surface area contributed by atoms with Crippen LogP contribution in [0.1, 0.15) is 18.4 Å². The lowest BCUT2D eigenvalue weighted by Gasteiger charge is -2.06. The number of carbonyl (C=O) groups is 1. The normalized spacial score (nSPS) is 11.2. The quantitative estimate of drug-likeness (QED) is 0.658. The van der Waals surface area contributed by atoms with Gasteiger partial charge < -0.3 is 11.1 Å². The number of primary sulfonamides is 1. The van der Waals surface area contributed by atoms with Crippen molar-refractivity contribution in [3.63, 3.8) is 0 Å². The van der Waals surface area contributed by atoms with E-state index in [-0.39, 0.29) is 17.3 Å². The predicted octanol–water partition coefficient (Wildman–Crippen LogP) is -0.311. The van der Waals surface area contributed by atoms with Crippen LogP contribution >= 0.6 is 0 Å². The SMILES string of the molecule is NCCCC(=O)NCc1cccc(S(N)(=O)=O)c1. The predicted molar refractivity (Wildman–Crippen MR) is 68.0 cm³/mol. The van der Waals surface area contributed by atoms with Gasteiger partial charge in [-0.15, -0.1) is 0 Å². The Kier molecular flexibility index (Phi) is 5.26. The minimum absolute atomic E-state index is 0.0382. The molecule has 5 N–H and O–H groups in total. The van der Waals surface area contributed by atoms with Crippen molar-refractivity contribution in [1.29, 1.82) is 0 Å². The van der Waals surface area contributed by atoms with Gasteiger partial charge in [0.05, 0.1) is 4.90 Å². The molecule has 0 unspecified atom stereocenters. The Morgan fingerprint density at radius 2 is 2.06 bits per heavy atom. The lowest BCUT2D eigenvalue weighted by Crippen LogP contribution is -2.23. The van der Waals surface area contributed by atoms with Crippen LogP contribution in [0.4, 0.5) is 0 Å². The Labute approximate surface area is 106 Å². The van der Waals surface area contributed by atoms with Crippen molar-refractivity contribution in [3.05, 3.63) is 29.8 Å². The molecule has 0 bridgehead atoms. The average Bonchev–Trinajstić information content (AvgIpc) is 2.33. The summed E-state index contributed by atoms with van der Waals surface area (Å²) in [6.45, 7) is 0.737. The van der Waals surface area contributed by atoms with E-state index in [1.807, 2.05) is 0 Å². The van der Waals surface area contributed by atoms with Gasteiger partial charge in [-0.1, -0.05) is 12.1 Å². The van der Waals surface area contributed by atoms with E-state index in [4.69, 9.17) is 10.9 Å². The molecule has 1 aromatic carbocycles. The van der Waals surface area contributed by atoms with Gasteiger partial charge in [-0.3, -0.25) is 4.79 Å². The topological polar surface area (TPSA) is 115 Å². The number of nitrogens with one attached hydrogen (secondary N) is 1. The van der Waals surface area contributed by atoms with Crippen LogP contribution in [0.25, 0.3) is 0 Å². The van der Waals surface area contributed by atoms with Crippen molar-refractivity contribution in [2.45, 2.75) is 24.3 Å². The fraction of sp³-hybridized carbons (Fsp3) is 0.364. The second-order valence-corrected chi connectivity index (χ2v) is 5.42. The van der Waals surface area contributed by atoms with Gasteiger partial charge in [0.2, 0.25) is 15.9 Å². The smallest absolute Gasteiger partial charge is 0.238 e. The Balaban J connectivity index is 2.61. The van der Waals surface area contributed by atoms with E-state index in [0.717, 1.165) is 0 Å². The van der Waals surface area contributed by atoms with E-state index in [2.05, 4.69) is 5.32 Å². The van der Waals surface area contributed by atoms with Gasteiger partial charge >= 0.3 is 0 Å². The van der Waals surface area contributed by atoms with E-state index in [0.29, 0.717) is 24.9 Å². The first-order valence-corrected chi connectivity index (χ1v) is 7.06. The van der Waals surface area contributed by atoms with Gasteiger partial charge in [0.25, 0.3) is 0 Å². The highest BCUT2D eigenvalue weighted by Gasteiger charge is 2.08. The highest BCUT2D eigenvalue weighted by atomic mass is 32.2. The van der Waals surface area contributed by atoms with Crippen LogP contribution in [0.15, 0.2) is 29.2 Å². The molecule has 0 spiro atoms. The maximum absolute atomic E-state index is 11.3. The molecule has 0 saturated heterocycles. The highest BCUT2D eigenvalue weighted by molar-refractivity contribution is 7.89. The zero-order valence-electron chi connectivity index (χ0n) is 9.93. The van der Waals surface area contributed by atoms with Crippen LogP contribution in [0.3, 0.4) is 0 Å². The molecule has 100 valence electrons. The first-order valence-electron chi connectivity index (χ1n) is 5.52.